The molecule has 33 heavy (non-hydrogen) atoms. The average molecular weight is 433 g/mol. The van der Waals surface area contributed by atoms with Crippen molar-refractivity contribution in [2.24, 2.45) is 11.8 Å². The van der Waals surface area contributed by atoms with Gasteiger partial charge in [-0.3, -0.25) is 0 Å². The second kappa shape index (κ2) is 11.8. The standard InChI is InChI=1S/C33H36/c1-3-5-9-27-14-18-29(19-15-27)21-23-31-25-24-30(32-10-6-7-11-33(31)32)22-20-28-16-12-26(8-4-2)13-17-28/h6-7,10-11,14-15,18-19,24-26,28H,3-5,8-9,12-13,16-17H2,1-2H3. The summed E-state index contributed by atoms with van der Waals surface area (Å²) >= 11 is 0. The molecule has 0 spiro atoms. The molecule has 3 aromatic carbocycles. The van der Waals surface area contributed by atoms with E-state index in [1.165, 1.54) is 67.7 Å². The van der Waals surface area contributed by atoms with Crippen LogP contribution in [-0.4, -0.2) is 0 Å². The number of aryl methyl sites for hydroxylation is 1. The summed E-state index contributed by atoms with van der Waals surface area (Å²) in [5, 5.41) is 2.41. The van der Waals surface area contributed by atoms with Crippen LogP contribution in [0.5, 0.6) is 0 Å². The highest BCUT2D eigenvalue weighted by atomic mass is 14.2. The lowest BCUT2D eigenvalue weighted by Crippen LogP contribution is -2.13. The maximum Gasteiger partial charge on any atom is 0.0328 e. The Balaban J connectivity index is 1.52. The van der Waals surface area contributed by atoms with E-state index in [0.717, 1.165) is 29.0 Å². The quantitative estimate of drug-likeness (QED) is 0.354. The van der Waals surface area contributed by atoms with Crippen molar-refractivity contribution in [2.75, 3.05) is 0 Å². The second-order valence-corrected chi connectivity index (χ2v) is 9.53. The summed E-state index contributed by atoms with van der Waals surface area (Å²) < 4.78 is 0. The molecular formula is C33H36. The molecule has 0 aliphatic heterocycles. The average Bonchev–Trinajstić information content (AvgIpc) is 2.87. The van der Waals surface area contributed by atoms with Crippen molar-refractivity contribution >= 4 is 10.8 Å². The van der Waals surface area contributed by atoms with E-state index in [1.54, 1.807) is 0 Å². The summed E-state index contributed by atoms with van der Waals surface area (Å²) in [4.78, 5) is 0. The maximum atomic E-state index is 3.60. The largest absolute Gasteiger partial charge is 0.0945 e. The third kappa shape index (κ3) is 6.30. The van der Waals surface area contributed by atoms with Crippen LogP contribution in [0.15, 0.2) is 60.7 Å². The Morgan fingerprint density at radius 2 is 1.36 bits per heavy atom. The molecule has 0 saturated heterocycles. The normalized spacial score (nSPS) is 17.6. The minimum atomic E-state index is 0.552. The zero-order valence-electron chi connectivity index (χ0n) is 20.3. The highest BCUT2D eigenvalue weighted by Crippen LogP contribution is 2.31. The lowest BCUT2D eigenvalue weighted by atomic mass is 9.80. The van der Waals surface area contributed by atoms with Gasteiger partial charge in [0, 0.05) is 22.6 Å². The predicted molar refractivity (Wildman–Crippen MR) is 142 cm³/mol. The molecule has 1 aliphatic rings. The summed E-state index contributed by atoms with van der Waals surface area (Å²) in [6, 6.07) is 21.6. The van der Waals surface area contributed by atoms with Crippen LogP contribution in [0.4, 0.5) is 0 Å². The monoisotopic (exact) mass is 432 g/mol. The van der Waals surface area contributed by atoms with Crippen molar-refractivity contribution < 1.29 is 0 Å². The topological polar surface area (TPSA) is 0 Å². The highest BCUT2D eigenvalue weighted by Gasteiger charge is 2.18. The molecule has 0 bridgehead atoms. The van der Waals surface area contributed by atoms with Crippen LogP contribution < -0.4 is 0 Å². The first kappa shape index (κ1) is 23.2. The van der Waals surface area contributed by atoms with Crippen molar-refractivity contribution in [3.8, 4) is 23.7 Å². The first-order valence-electron chi connectivity index (χ1n) is 12.9. The third-order valence-electron chi connectivity index (χ3n) is 6.99. The van der Waals surface area contributed by atoms with Gasteiger partial charge in [0.05, 0.1) is 0 Å². The van der Waals surface area contributed by atoms with E-state index in [9.17, 15) is 0 Å². The SMILES string of the molecule is CCCCc1ccc(C#Cc2ccc(C#CC3CCC(CCC)CC3)c3ccccc23)cc1. The Bertz CT molecular complexity index is 1170. The van der Waals surface area contributed by atoms with E-state index in [2.05, 4.69) is 98.2 Å². The van der Waals surface area contributed by atoms with E-state index >= 15 is 0 Å². The minimum Gasteiger partial charge on any atom is -0.0945 e. The molecule has 4 rings (SSSR count). The van der Waals surface area contributed by atoms with Crippen molar-refractivity contribution in [3.63, 3.8) is 0 Å². The lowest BCUT2D eigenvalue weighted by molar-refractivity contribution is 0.300. The van der Waals surface area contributed by atoms with E-state index in [4.69, 9.17) is 0 Å². The fraction of sp³-hybridized carbons (Fsp3) is 0.394. The van der Waals surface area contributed by atoms with Crippen LogP contribution in [0.1, 0.15) is 87.5 Å². The van der Waals surface area contributed by atoms with Gasteiger partial charge in [0.15, 0.2) is 0 Å². The smallest absolute Gasteiger partial charge is 0.0328 e. The van der Waals surface area contributed by atoms with E-state index in [0.29, 0.717) is 5.92 Å². The number of fused-ring (bicyclic) bond motifs is 1. The summed E-state index contributed by atoms with van der Waals surface area (Å²) in [5.41, 5.74) is 4.68. The molecule has 0 nitrogen and oxygen atoms in total. The molecule has 0 unspecified atom stereocenters. The van der Waals surface area contributed by atoms with Crippen molar-refractivity contribution in [1.82, 2.24) is 0 Å². The number of rotatable bonds is 5. The van der Waals surface area contributed by atoms with Gasteiger partial charge in [-0.1, -0.05) is 93.2 Å². The van der Waals surface area contributed by atoms with Gasteiger partial charge in [0.2, 0.25) is 0 Å². The highest BCUT2D eigenvalue weighted by molar-refractivity contribution is 5.93. The zero-order chi connectivity index (χ0) is 22.9. The van der Waals surface area contributed by atoms with Crippen LogP contribution in [-0.2, 0) is 6.42 Å². The van der Waals surface area contributed by atoms with Gasteiger partial charge in [-0.15, -0.1) is 0 Å². The zero-order valence-corrected chi connectivity index (χ0v) is 20.3. The molecule has 0 atom stereocenters. The minimum absolute atomic E-state index is 0.552. The molecule has 1 saturated carbocycles. The third-order valence-corrected chi connectivity index (χ3v) is 6.99. The van der Waals surface area contributed by atoms with E-state index in [1.807, 2.05) is 0 Å². The summed E-state index contributed by atoms with van der Waals surface area (Å²) in [7, 11) is 0. The molecule has 1 aliphatic carbocycles. The molecule has 0 N–H and O–H groups in total. The predicted octanol–water partition coefficient (Wildman–Crippen LogP) is 8.54. The fourth-order valence-electron chi connectivity index (χ4n) is 4.98. The van der Waals surface area contributed by atoms with Crippen LogP contribution in [0, 0.1) is 35.5 Å². The van der Waals surface area contributed by atoms with E-state index in [-0.39, 0.29) is 0 Å². The van der Waals surface area contributed by atoms with Crippen molar-refractivity contribution in [1.29, 1.82) is 0 Å². The van der Waals surface area contributed by atoms with Crippen LogP contribution in [0.2, 0.25) is 0 Å². The summed E-state index contributed by atoms with van der Waals surface area (Å²) in [6.45, 7) is 4.54. The van der Waals surface area contributed by atoms with Gasteiger partial charge < -0.3 is 0 Å². The van der Waals surface area contributed by atoms with Gasteiger partial charge in [-0.05, 0) is 85.0 Å². The molecule has 3 aromatic rings. The van der Waals surface area contributed by atoms with Crippen LogP contribution >= 0.6 is 0 Å². The van der Waals surface area contributed by atoms with Gasteiger partial charge in [0.1, 0.15) is 0 Å². The van der Waals surface area contributed by atoms with Gasteiger partial charge >= 0.3 is 0 Å². The Kier molecular flexibility index (Phi) is 8.28. The van der Waals surface area contributed by atoms with Gasteiger partial charge in [-0.2, -0.15) is 0 Å². The molecule has 1 fully saturated rings. The Labute approximate surface area is 200 Å². The number of benzene rings is 3. The Morgan fingerprint density at radius 1 is 0.697 bits per heavy atom. The molecule has 0 heteroatoms. The van der Waals surface area contributed by atoms with Crippen molar-refractivity contribution in [3.05, 3.63) is 82.9 Å². The first-order chi connectivity index (χ1) is 16.3. The number of hydrogen-bond donors (Lipinski definition) is 0. The van der Waals surface area contributed by atoms with Crippen LogP contribution in [0.25, 0.3) is 10.8 Å². The van der Waals surface area contributed by atoms with E-state index < -0.39 is 0 Å². The van der Waals surface area contributed by atoms with Crippen LogP contribution in [0.3, 0.4) is 0 Å². The maximum absolute atomic E-state index is 3.60. The molecule has 0 amide bonds. The molecular weight excluding hydrogens is 396 g/mol. The van der Waals surface area contributed by atoms with Gasteiger partial charge in [-0.25, -0.2) is 0 Å². The lowest BCUT2D eigenvalue weighted by Gasteiger charge is -2.25. The fourth-order valence-corrected chi connectivity index (χ4v) is 4.98. The summed E-state index contributed by atoms with van der Waals surface area (Å²) in [5.74, 6) is 15.4. The summed E-state index contributed by atoms with van der Waals surface area (Å²) in [6.07, 6.45) is 11.5. The van der Waals surface area contributed by atoms with Gasteiger partial charge in [0.25, 0.3) is 0 Å². The molecule has 0 aromatic heterocycles. The second-order valence-electron chi connectivity index (χ2n) is 9.53. The first-order valence-corrected chi connectivity index (χ1v) is 12.9. The number of unbranched alkanes of at least 4 members (excludes halogenated alkanes) is 1. The Hall–Kier alpha value is -2.96. The number of hydrogen-bond acceptors (Lipinski definition) is 0. The molecule has 168 valence electrons. The van der Waals surface area contributed by atoms with Crippen molar-refractivity contribution in [2.45, 2.75) is 71.6 Å². The molecule has 0 radical (unpaired) electrons. The molecule has 0 heterocycles. The Morgan fingerprint density at radius 3 is 2.00 bits per heavy atom.